The second kappa shape index (κ2) is 12.3. The van der Waals surface area contributed by atoms with Gasteiger partial charge in [0.1, 0.15) is 0 Å². The van der Waals surface area contributed by atoms with E-state index in [9.17, 15) is 13.2 Å². The summed E-state index contributed by atoms with van der Waals surface area (Å²) in [4.78, 5) is 15.2. The van der Waals surface area contributed by atoms with E-state index in [1.165, 1.54) is 15.9 Å². The monoisotopic (exact) mass is 472 g/mol. The van der Waals surface area contributed by atoms with Gasteiger partial charge in [-0.25, -0.2) is 8.42 Å². The Morgan fingerprint density at radius 2 is 1.73 bits per heavy atom. The molecular formula is C26H36N2O4S. The van der Waals surface area contributed by atoms with Crippen LogP contribution in [0.15, 0.2) is 59.5 Å². The summed E-state index contributed by atoms with van der Waals surface area (Å²) in [6.45, 7) is 1.47. The number of methoxy groups -OCH3 is 1. The SMILES string of the molecule is COCCN(CCCc1ccccc1)C(=O)c1cccc(S(=O)(=O)N(C)C2CCCCC2)c1. The molecule has 0 bridgehead atoms. The van der Waals surface area contributed by atoms with Crippen LogP contribution in [0.1, 0.15) is 54.4 Å². The van der Waals surface area contributed by atoms with Crippen LogP contribution >= 0.6 is 0 Å². The van der Waals surface area contributed by atoms with E-state index in [2.05, 4.69) is 12.1 Å². The van der Waals surface area contributed by atoms with E-state index in [1.54, 1.807) is 37.3 Å². The molecule has 1 amide bonds. The molecule has 180 valence electrons. The van der Waals surface area contributed by atoms with E-state index >= 15 is 0 Å². The lowest BCUT2D eigenvalue weighted by Crippen LogP contribution is -2.38. The third kappa shape index (κ3) is 6.88. The molecule has 1 aliphatic rings. The van der Waals surface area contributed by atoms with Crippen molar-refractivity contribution in [2.45, 2.75) is 55.9 Å². The molecule has 1 saturated carbocycles. The molecule has 6 nitrogen and oxygen atoms in total. The molecule has 2 aromatic carbocycles. The van der Waals surface area contributed by atoms with E-state index in [1.807, 2.05) is 18.2 Å². The zero-order valence-electron chi connectivity index (χ0n) is 19.8. The van der Waals surface area contributed by atoms with E-state index < -0.39 is 10.0 Å². The molecule has 0 radical (unpaired) electrons. The minimum atomic E-state index is -3.65. The number of sulfonamides is 1. The number of hydrogen-bond donors (Lipinski definition) is 0. The molecule has 3 rings (SSSR count). The fourth-order valence-electron chi connectivity index (χ4n) is 4.41. The summed E-state index contributed by atoms with van der Waals surface area (Å²) in [6.07, 6.45) is 6.75. The summed E-state index contributed by atoms with van der Waals surface area (Å²) in [5, 5.41) is 0. The van der Waals surface area contributed by atoms with Crippen LogP contribution in [0.25, 0.3) is 0 Å². The highest BCUT2D eigenvalue weighted by molar-refractivity contribution is 7.89. The largest absolute Gasteiger partial charge is 0.383 e. The molecule has 33 heavy (non-hydrogen) atoms. The average Bonchev–Trinajstić information content (AvgIpc) is 2.86. The molecule has 0 atom stereocenters. The second-order valence-electron chi connectivity index (χ2n) is 8.72. The van der Waals surface area contributed by atoms with Crippen LogP contribution < -0.4 is 0 Å². The molecule has 0 aliphatic heterocycles. The van der Waals surface area contributed by atoms with Crippen molar-refractivity contribution in [1.29, 1.82) is 0 Å². The van der Waals surface area contributed by atoms with Gasteiger partial charge < -0.3 is 9.64 Å². The maximum atomic E-state index is 13.3. The molecule has 0 saturated heterocycles. The molecule has 0 aromatic heterocycles. The highest BCUT2D eigenvalue weighted by atomic mass is 32.2. The summed E-state index contributed by atoms with van der Waals surface area (Å²) in [7, 11) is -0.379. The van der Waals surface area contributed by atoms with Crippen molar-refractivity contribution < 1.29 is 17.9 Å². The quantitative estimate of drug-likeness (QED) is 0.487. The fraction of sp³-hybridized carbons (Fsp3) is 0.500. The van der Waals surface area contributed by atoms with Crippen molar-refractivity contribution in [2.75, 3.05) is 33.9 Å². The number of rotatable bonds is 11. The van der Waals surface area contributed by atoms with Crippen molar-refractivity contribution >= 4 is 15.9 Å². The number of aryl methyl sites for hydroxylation is 1. The summed E-state index contributed by atoms with van der Waals surface area (Å²) in [5.41, 5.74) is 1.62. The molecule has 0 unspecified atom stereocenters. The number of benzene rings is 2. The number of hydrogen-bond acceptors (Lipinski definition) is 4. The fourth-order valence-corrected chi connectivity index (χ4v) is 5.88. The van der Waals surface area contributed by atoms with Gasteiger partial charge in [-0.05, 0) is 49.4 Å². The molecule has 1 aliphatic carbocycles. The van der Waals surface area contributed by atoms with Crippen LogP contribution in [0.4, 0.5) is 0 Å². The van der Waals surface area contributed by atoms with Crippen molar-refractivity contribution in [2.24, 2.45) is 0 Å². The van der Waals surface area contributed by atoms with Gasteiger partial charge in [0, 0.05) is 38.9 Å². The van der Waals surface area contributed by atoms with Gasteiger partial charge in [-0.2, -0.15) is 4.31 Å². The molecule has 0 N–H and O–H groups in total. The van der Waals surface area contributed by atoms with Crippen LogP contribution in [0.2, 0.25) is 0 Å². The first-order valence-corrected chi connectivity index (χ1v) is 13.3. The number of carbonyl (C=O) groups is 1. The lowest BCUT2D eigenvalue weighted by molar-refractivity contribution is 0.0693. The van der Waals surface area contributed by atoms with Crippen molar-refractivity contribution in [3.63, 3.8) is 0 Å². The Labute approximate surface area is 198 Å². The van der Waals surface area contributed by atoms with E-state index in [4.69, 9.17) is 4.74 Å². The lowest BCUT2D eigenvalue weighted by Gasteiger charge is -2.30. The van der Waals surface area contributed by atoms with Gasteiger partial charge in [-0.1, -0.05) is 55.7 Å². The molecule has 1 fully saturated rings. The van der Waals surface area contributed by atoms with Gasteiger partial charge in [-0.3, -0.25) is 4.79 Å². The minimum Gasteiger partial charge on any atom is -0.383 e. The zero-order chi connectivity index (χ0) is 23.7. The highest BCUT2D eigenvalue weighted by Gasteiger charge is 2.29. The topological polar surface area (TPSA) is 66.9 Å². The van der Waals surface area contributed by atoms with Gasteiger partial charge in [0.2, 0.25) is 10.0 Å². The van der Waals surface area contributed by atoms with E-state index in [-0.39, 0.29) is 16.8 Å². The van der Waals surface area contributed by atoms with Crippen LogP contribution in [0, 0.1) is 0 Å². The summed E-state index contributed by atoms with van der Waals surface area (Å²) < 4.78 is 33.2. The lowest BCUT2D eigenvalue weighted by atomic mass is 9.96. The van der Waals surface area contributed by atoms with Crippen LogP contribution in [0.5, 0.6) is 0 Å². The Hall–Kier alpha value is -2.22. The van der Waals surface area contributed by atoms with Gasteiger partial charge in [0.05, 0.1) is 11.5 Å². The van der Waals surface area contributed by atoms with Gasteiger partial charge in [-0.15, -0.1) is 0 Å². The second-order valence-corrected chi connectivity index (χ2v) is 10.7. The molecule has 7 heteroatoms. The van der Waals surface area contributed by atoms with Crippen LogP contribution in [0.3, 0.4) is 0 Å². The first-order chi connectivity index (χ1) is 15.9. The number of nitrogens with zero attached hydrogens (tertiary/aromatic N) is 2. The highest BCUT2D eigenvalue weighted by Crippen LogP contribution is 2.27. The summed E-state index contributed by atoms with van der Waals surface area (Å²) in [5.74, 6) is -0.169. The van der Waals surface area contributed by atoms with Crippen molar-refractivity contribution in [3.05, 3.63) is 65.7 Å². The third-order valence-electron chi connectivity index (χ3n) is 6.44. The standard InChI is InChI=1S/C26H36N2O4S/c1-27(24-15-7-4-8-16-24)33(30,31)25-17-9-14-23(21-25)26(29)28(19-20-32-2)18-10-13-22-11-5-3-6-12-22/h3,5-6,9,11-12,14,17,21,24H,4,7-8,10,13,15-16,18-20H2,1-2H3. The van der Waals surface area contributed by atoms with Crippen molar-refractivity contribution in [3.8, 4) is 0 Å². The Kier molecular flexibility index (Phi) is 9.47. The first kappa shape index (κ1) is 25.4. The zero-order valence-corrected chi connectivity index (χ0v) is 20.6. The summed E-state index contributed by atoms with van der Waals surface area (Å²) in [6, 6.07) is 16.7. The predicted molar refractivity (Wildman–Crippen MR) is 131 cm³/mol. The molecular weight excluding hydrogens is 436 g/mol. The Bertz CT molecular complexity index is 988. The van der Waals surface area contributed by atoms with Crippen LogP contribution in [-0.4, -0.2) is 63.4 Å². The predicted octanol–water partition coefficient (Wildman–Crippen LogP) is 4.36. The minimum absolute atomic E-state index is 0.0271. The maximum absolute atomic E-state index is 13.3. The van der Waals surface area contributed by atoms with E-state index in [0.717, 1.165) is 44.9 Å². The van der Waals surface area contributed by atoms with E-state index in [0.29, 0.717) is 25.3 Å². The Balaban J connectivity index is 1.72. The smallest absolute Gasteiger partial charge is 0.253 e. The normalized spacial score (nSPS) is 15.0. The van der Waals surface area contributed by atoms with Gasteiger partial charge >= 0.3 is 0 Å². The molecule has 0 heterocycles. The number of ether oxygens (including phenoxy) is 1. The Morgan fingerprint density at radius 3 is 2.42 bits per heavy atom. The molecule has 0 spiro atoms. The average molecular weight is 473 g/mol. The van der Waals surface area contributed by atoms with Crippen LogP contribution in [-0.2, 0) is 21.2 Å². The van der Waals surface area contributed by atoms with Gasteiger partial charge in [0.15, 0.2) is 0 Å². The number of amides is 1. The first-order valence-electron chi connectivity index (χ1n) is 11.8. The van der Waals surface area contributed by atoms with Gasteiger partial charge in [0.25, 0.3) is 5.91 Å². The molecule has 2 aromatic rings. The van der Waals surface area contributed by atoms with Crippen molar-refractivity contribution in [1.82, 2.24) is 9.21 Å². The maximum Gasteiger partial charge on any atom is 0.253 e. The Morgan fingerprint density at radius 1 is 1.00 bits per heavy atom. The summed E-state index contributed by atoms with van der Waals surface area (Å²) >= 11 is 0. The number of carbonyl (C=O) groups excluding carboxylic acids is 1. The third-order valence-corrected chi connectivity index (χ3v) is 8.34.